The molecule has 0 atom stereocenters. The summed E-state index contributed by atoms with van der Waals surface area (Å²) in [4.78, 5) is 2.35. The van der Waals surface area contributed by atoms with Crippen LogP contribution in [0.15, 0.2) is 241 Å². The molecule has 0 radical (unpaired) electrons. The van der Waals surface area contributed by atoms with E-state index in [-0.39, 0.29) is 5.41 Å². The van der Waals surface area contributed by atoms with Crippen LogP contribution in [0.1, 0.15) is 25.0 Å². The molecule has 65 heavy (non-hydrogen) atoms. The fourth-order valence-corrected chi connectivity index (χ4v) is 10.1. The van der Waals surface area contributed by atoms with Crippen molar-refractivity contribution in [1.29, 1.82) is 0 Å². The Morgan fingerprint density at radius 1 is 0.308 bits per heavy atom. The summed E-state index contributed by atoms with van der Waals surface area (Å²) >= 11 is 0. The number of benzene rings is 10. The van der Waals surface area contributed by atoms with Gasteiger partial charge in [0.25, 0.3) is 0 Å². The molecule has 2 heteroatoms. The molecule has 2 nitrogen and oxygen atoms in total. The maximum absolute atomic E-state index is 7.00. The summed E-state index contributed by atoms with van der Waals surface area (Å²) in [7, 11) is 0. The first-order valence-electron chi connectivity index (χ1n) is 22.5. The van der Waals surface area contributed by atoms with Crippen LogP contribution in [0.2, 0.25) is 0 Å². The molecular weight excluding hydrogens is 787 g/mol. The molecule has 0 unspecified atom stereocenters. The lowest BCUT2D eigenvalue weighted by Crippen LogP contribution is -2.14. The number of rotatable bonds is 8. The van der Waals surface area contributed by atoms with Crippen molar-refractivity contribution in [1.82, 2.24) is 0 Å². The van der Waals surface area contributed by atoms with Crippen LogP contribution in [-0.2, 0) is 5.41 Å². The van der Waals surface area contributed by atoms with E-state index >= 15 is 0 Å². The van der Waals surface area contributed by atoms with Gasteiger partial charge < -0.3 is 9.32 Å². The third-order valence-electron chi connectivity index (χ3n) is 13.5. The van der Waals surface area contributed by atoms with Crippen molar-refractivity contribution >= 4 is 39.0 Å². The van der Waals surface area contributed by atoms with E-state index in [1.807, 2.05) is 0 Å². The molecule has 0 saturated carbocycles. The lowest BCUT2D eigenvalue weighted by molar-refractivity contribution is 0.653. The second kappa shape index (κ2) is 15.6. The Balaban J connectivity index is 0.925. The summed E-state index contributed by atoms with van der Waals surface area (Å²) in [5, 5.41) is 2.29. The highest BCUT2D eigenvalue weighted by molar-refractivity contribution is 6.14. The minimum atomic E-state index is -0.0921. The van der Waals surface area contributed by atoms with Gasteiger partial charge in [0.1, 0.15) is 11.2 Å². The zero-order valence-electron chi connectivity index (χ0n) is 36.4. The lowest BCUT2D eigenvalue weighted by atomic mass is 9.82. The quantitative estimate of drug-likeness (QED) is 0.152. The van der Waals surface area contributed by atoms with Crippen molar-refractivity contribution in [2.24, 2.45) is 0 Å². The second-order valence-corrected chi connectivity index (χ2v) is 17.7. The first-order chi connectivity index (χ1) is 32.0. The molecule has 0 amide bonds. The van der Waals surface area contributed by atoms with Crippen molar-refractivity contribution in [2.75, 3.05) is 4.90 Å². The minimum Gasteiger partial charge on any atom is -0.455 e. The summed E-state index contributed by atoms with van der Waals surface area (Å²) < 4.78 is 7.00. The number of hydrogen-bond acceptors (Lipinski definition) is 2. The summed E-state index contributed by atoms with van der Waals surface area (Å²) in [6.07, 6.45) is 0. The third-order valence-corrected chi connectivity index (χ3v) is 13.5. The molecular formula is C63H45NO. The fourth-order valence-electron chi connectivity index (χ4n) is 10.1. The monoisotopic (exact) mass is 831 g/mol. The SMILES string of the molecule is CC1(C)c2ccccc2-c2c1ccc1c2oc2c(-c3ccc(N(c4ccc(-c5cccc(-c6ccccc6)c5)cc4)c4ccc(-c5cccc(-c6ccccc6)c5)cc4)cc3)cccc21. The Labute approximate surface area is 380 Å². The van der Waals surface area contributed by atoms with Crippen LogP contribution in [0, 0.1) is 0 Å². The summed E-state index contributed by atoms with van der Waals surface area (Å²) in [5.74, 6) is 0. The van der Waals surface area contributed by atoms with Gasteiger partial charge in [0.2, 0.25) is 0 Å². The van der Waals surface area contributed by atoms with Gasteiger partial charge in [-0.25, -0.2) is 0 Å². The highest BCUT2D eigenvalue weighted by atomic mass is 16.3. The molecule has 1 heterocycles. The van der Waals surface area contributed by atoms with Gasteiger partial charge in [-0.2, -0.15) is 0 Å². The molecule has 1 aliphatic carbocycles. The van der Waals surface area contributed by atoms with E-state index in [4.69, 9.17) is 4.42 Å². The summed E-state index contributed by atoms with van der Waals surface area (Å²) in [6.45, 7) is 4.64. The van der Waals surface area contributed by atoms with Gasteiger partial charge in [0.05, 0.1) is 0 Å². The number of para-hydroxylation sites is 1. The average Bonchev–Trinajstić information content (AvgIpc) is 3.87. The van der Waals surface area contributed by atoms with Gasteiger partial charge in [-0.3, -0.25) is 0 Å². The number of furan rings is 1. The number of hydrogen-bond donors (Lipinski definition) is 0. The molecule has 1 aromatic heterocycles. The van der Waals surface area contributed by atoms with Gasteiger partial charge in [-0.1, -0.05) is 202 Å². The zero-order chi connectivity index (χ0) is 43.5. The molecule has 11 aromatic rings. The summed E-state index contributed by atoms with van der Waals surface area (Å²) in [6, 6.07) is 85.5. The van der Waals surface area contributed by atoms with Crippen LogP contribution in [-0.4, -0.2) is 0 Å². The molecule has 0 bridgehead atoms. The van der Waals surface area contributed by atoms with Crippen molar-refractivity contribution in [3.8, 4) is 66.8 Å². The molecule has 0 saturated heterocycles. The van der Waals surface area contributed by atoms with Crippen LogP contribution in [0.3, 0.4) is 0 Å². The standard InChI is InChI=1S/C63H45NO/c1-63(2)58-25-10-9-22-57(58)60-59(63)39-38-56-55-24-13-23-54(61(55)65-62(56)60)46-30-36-53(37-31-46)64(51-32-26-44(27-33-51)49-20-11-18-47(40-49)42-14-5-3-6-15-42)52-34-28-45(29-35-52)50-21-12-19-48(41-50)43-16-7-4-8-17-43/h3-41H,1-2H3. The molecule has 12 rings (SSSR count). The maximum atomic E-state index is 7.00. The fraction of sp³-hybridized carbons (Fsp3) is 0.0476. The van der Waals surface area contributed by atoms with Crippen molar-refractivity contribution in [3.63, 3.8) is 0 Å². The van der Waals surface area contributed by atoms with E-state index in [1.54, 1.807) is 0 Å². The number of fused-ring (bicyclic) bond motifs is 7. The zero-order valence-corrected chi connectivity index (χ0v) is 36.4. The average molecular weight is 832 g/mol. The van der Waals surface area contributed by atoms with Crippen molar-refractivity contribution in [3.05, 3.63) is 248 Å². The Morgan fingerprint density at radius 2 is 0.723 bits per heavy atom. The first-order valence-corrected chi connectivity index (χ1v) is 22.5. The van der Waals surface area contributed by atoms with E-state index in [0.29, 0.717) is 0 Å². The maximum Gasteiger partial charge on any atom is 0.143 e. The van der Waals surface area contributed by atoms with Crippen LogP contribution in [0.25, 0.3) is 88.7 Å². The van der Waals surface area contributed by atoms with Crippen LogP contribution >= 0.6 is 0 Å². The number of anilines is 3. The van der Waals surface area contributed by atoms with Crippen LogP contribution < -0.4 is 4.90 Å². The van der Waals surface area contributed by atoms with Gasteiger partial charge >= 0.3 is 0 Å². The smallest absolute Gasteiger partial charge is 0.143 e. The van der Waals surface area contributed by atoms with Gasteiger partial charge in [-0.05, 0) is 115 Å². The normalized spacial score (nSPS) is 12.6. The molecule has 1 aliphatic rings. The van der Waals surface area contributed by atoms with Gasteiger partial charge in [0, 0.05) is 44.4 Å². The predicted octanol–water partition coefficient (Wildman–Crippen LogP) is 17.7. The van der Waals surface area contributed by atoms with Crippen LogP contribution in [0.4, 0.5) is 17.1 Å². The van der Waals surface area contributed by atoms with Crippen LogP contribution in [0.5, 0.6) is 0 Å². The molecule has 0 spiro atoms. The topological polar surface area (TPSA) is 16.4 Å². The highest BCUT2D eigenvalue weighted by Crippen LogP contribution is 2.53. The lowest BCUT2D eigenvalue weighted by Gasteiger charge is -2.26. The Morgan fingerprint density at radius 3 is 1.26 bits per heavy atom. The van der Waals surface area contributed by atoms with Crippen molar-refractivity contribution in [2.45, 2.75) is 19.3 Å². The molecule has 0 aliphatic heterocycles. The van der Waals surface area contributed by atoms with Gasteiger partial charge in [-0.15, -0.1) is 0 Å². The molecule has 0 N–H and O–H groups in total. The largest absolute Gasteiger partial charge is 0.455 e. The Bertz CT molecular complexity index is 3400. The second-order valence-electron chi connectivity index (χ2n) is 17.7. The van der Waals surface area contributed by atoms with E-state index in [2.05, 4.69) is 255 Å². The molecule has 308 valence electrons. The van der Waals surface area contributed by atoms with E-state index in [1.165, 1.54) is 66.8 Å². The van der Waals surface area contributed by atoms with Gasteiger partial charge in [0.15, 0.2) is 0 Å². The minimum absolute atomic E-state index is 0.0921. The number of nitrogens with zero attached hydrogens (tertiary/aromatic N) is 1. The van der Waals surface area contributed by atoms with E-state index in [0.717, 1.165) is 50.1 Å². The highest BCUT2D eigenvalue weighted by Gasteiger charge is 2.37. The molecule has 0 fully saturated rings. The Kier molecular flexibility index (Phi) is 9.21. The first kappa shape index (κ1) is 38.5. The van der Waals surface area contributed by atoms with Crippen molar-refractivity contribution < 1.29 is 4.42 Å². The van der Waals surface area contributed by atoms with E-state index < -0.39 is 0 Å². The predicted molar refractivity (Wildman–Crippen MR) is 273 cm³/mol. The molecule has 10 aromatic carbocycles. The Hall–Kier alpha value is -8.20. The van der Waals surface area contributed by atoms with E-state index in [9.17, 15) is 0 Å². The summed E-state index contributed by atoms with van der Waals surface area (Å²) in [5.41, 5.74) is 21.9. The third kappa shape index (κ3) is 6.65.